The van der Waals surface area contributed by atoms with Gasteiger partial charge in [0.05, 0.1) is 10.7 Å². The summed E-state index contributed by atoms with van der Waals surface area (Å²) in [6, 6.07) is 0.715. The van der Waals surface area contributed by atoms with Crippen LogP contribution in [0.1, 0.15) is 35.3 Å². The van der Waals surface area contributed by atoms with Gasteiger partial charge < -0.3 is 5.32 Å². The van der Waals surface area contributed by atoms with Crippen LogP contribution in [-0.2, 0) is 6.42 Å². The lowest BCUT2D eigenvalue weighted by Crippen LogP contribution is -2.29. The number of hydrogen-bond acceptors (Lipinski definition) is 3. The van der Waals surface area contributed by atoms with Gasteiger partial charge in [-0.3, -0.25) is 0 Å². The average Bonchev–Trinajstić information content (AvgIpc) is 2.74. The number of nitrogens with one attached hydrogen (secondary N) is 1. The van der Waals surface area contributed by atoms with Crippen LogP contribution in [-0.4, -0.2) is 18.1 Å². The molecule has 3 heteroatoms. The van der Waals surface area contributed by atoms with E-state index in [4.69, 9.17) is 0 Å². The smallest absolute Gasteiger partial charge is 0.0933 e. The van der Waals surface area contributed by atoms with Crippen LogP contribution in [0.25, 0.3) is 0 Å². The van der Waals surface area contributed by atoms with Crippen LogP contribution in [0, 0.1) is 25.7 Å². The molecule has 0 aromatic carbocycles. The molecule has 0 amide bonds. The summed E-state index contributed by atoms with van der Waals surface area (Å²) in [6.45, 7) is 6.67. The predicted octanol–water partition coefficient (Wildman–Crippen LogP) is 2.94. The Morgan fingerprint density at radius 3 is 2.62 bits per heavy atom. The molecule has 3 unspecified atom stereocenters. The normalized spacial score (nSPS) is 29.9. The molecule has 2 nitrogen and oxygen atoms in total. The van der Waals surface area contributed by atoms with Crippen molar-refractivity contribution in [1.82, 2.24) is 10.3 Å². The molecule has 1 aromatic heterocycles. The highest BCUT2D eigenvalue weighted by Crippen LogP contribution is 2.35. The van der Waals surface area contributed by atoms with Crippen molar-refractivity contribution in [2.24, 2.45) is 11.8 Å². The number of hydrogen-bond donors (Lipinski definition) is 1. The van der Waals surface area contributed by atoms with Crippen molar-refractivity contribution in [3.63, 3.8) is 0 Å². The molecule has 1 heterocycles. The SMILES string of the molecule is CNC1CCC(Cc2nc(C)c(C)s2)C1C. The topological polar surface area (TPSA) is 24.9 Å². The fraction of sp³-hybridized carbons (Fsp3) is 0.769. The highest BCUT2D eigenvalue weighted by Gasteiger charge is 2.32. The molecule has 3 atom stereocenters. The maximum absolute atomic E-state index is 4.66. The minimum Gasteiger partial charge on any atom is -0.317 e. The molecule has 1 fully saturated rings. The summed E-state index contributed by atoms with van der Waals surface area (Å²) in [5, 5.41) is 4.77. The third-order valence-corrected chi connectivity index (χ3v) is 5.20. The van der Waals surface area contributed by atoms with E-state index >= 15 is 0 Å². The van der Waals surface area contributed by atoms with E-state index in [0.29, 0.717) is 6.04 Å². The average molecular weight is 238 g/mol. The van der Waals surface area contributed by atoms with Crippen LogP contribution in [0.2, 0.25) is 0 Å². The fourth-order valence-corrected chi connectivity index (χ4v) is 3.82. The lowest BCUT2D eigenvalue weighted by Gasteiger charge is -2.19. The van der Waals surface area contributed by atoms with Gasteiger partial charge >= 0.3 is 0 Å². The summed E-state index contributed by atoms with van der Waals surface area (Å²) in [5.74, 6) is 1.61. The monoisotopic (exact) mass is 238 g/mol. The van der Waals surface area contributed by atoms with Crippen molar-refractivity contribution >= 4 is 11.3 Å². The second-order valence-corrected chi connectivity index (χ2v) is 6.33. The van der Waals surface area contributed by atoms with Gasteiger partial charge in [0.2, 0.25) is 0 Å². The van der Waals surface area contributed by atoms with Gasteiger partial charge in [-0.2, -0.15) is 0 Å². The van der Waals surface area contributed by atoms with E-state index in [1.54, 1.807) is 0 Å². The van der Waals surface area contributed by atoms with E-state index in [2.05, 4.69) is 38.1 Å². The summed E-state index contributed by atoms with van der Waals surface area (Å²) in [7, 11) is 2.08. The molecule has 90 valence electrons. The minimum absolute atomic E-state index is 0.715. The van der Waals surface area contributed by atoms with E-state index in [1.807, 2.05) is 11.3 Å². The molecule has 1 aromatic rings. The summed E-state index contributed by atoms with van der Waals surface area (Å²) < 4.78 is 0. The largest absolute Gasteiger partial charge is 0.317 e. The summed E-state index contributed by atoms with van der Waals surface area (Å²) in [4.78, 5) is 6.04. The van der Waals surface area contributed by atoms with Crippen molar-refractivity contribution in [3.05, 3.63) is 15.6 Å². The predicted molar refractivity (Wildman–Crippen MR) is 70.0 cm³/mol. The number of nitrogens with zero attached hydrogens (tertiary/aromatic N) is 1. The Hall–Kier alpha value is -0.410. The molecule has 0 aliphatic heterocycles. The van der Waals surface area contributed by atoms with Gasteiger partial charge in [0.25, 0.3) is 0 Å². The van der Waals surface area contributed by atoms with Gasteiger partial charge in [0.15, 0.2) is 0 Å². The van der Waals surface area contributed by atoms with Gasteiger partial charge in [-0.1, -0.05) is 6.92 Å². The molecule has 0 saturated heterocycles. The second-order valence-electron chi connectivity index (χ2n) is 5.05. The van der Waals surface area contributed by atoms with Gasteiger partial charge in [0.1, 0.15) is 0 Å². The lowest BCUT2D eigenvalue weighted by molar-refractivity contribution is 0.363. The third-order valence-electron chi connectivity index (χ3n) is 4.11. The van der Waals surface area contributed by atoms with Gasteiger partial charge in [-0.25, -0.2) is 4.98 Å². The highest BCUT2D eigenvalue weighted by atomic mass is 32.1. The summed E-state index contributed by atoms with van der Waals surface area (Å²) in [5.41, 5.74) is 1.22. The Bertz CT molecular complexity index is 339. The molecule has 1 aliphatic rings. The molecule has 0 bridgehead atoms. The Balaban J connectivity index is 2.00. The zero-order valence-corrected chi connectivity index (χ0v) is 11.5. The molecular formula is C13H22N2S. The van der Waals surface area contributed by atoms with E-state index < -0.39 is 0 Å². The highest BCUT2D eigenvalue weighted by molar-refractivity contribution is 7.11. The Kier molecular flexibility index (Phi) is 3.65. The van der Waals surface area contributed by atoms with Gasteiger partial charge in [-0.15, -0.1) is 11.3 Å². The van der Waals surface area contributed by atoms with Crippen molar-refractivity contribution < 1.29 is 0 Å². The molecule has 0 radical (unpaired) electrons. The molecule has 2 rings (SSSR count). The third kappa shape index (κ3) is 2.30. The first-order chi connectivity index (χ1) is 7.61. The maximum Gasteiger partial charge on any atom is 0.0933 e. The minimum atomic E-state index is 0.715. The first-order valence-electron chi connectivity index (χ1n) is 6.22. The number of thiazole rings is 1. The fourth-order valence-electron chi connectivity index (χ4n) is 2.79. The lowest BCUT2D eigenvalue weighted by atomic mass is 9.93. The van der Waals surface area contributed by atoms with Crippen LogP contribution < -0.4 is 5.32 Å². The molecule has 1 N–H and O–H groups in total. The number of aromatic nitrogens is 1. The van der Waals surface area contributed by atoms with Crippen LogP contribution in [0.15, 0.2) is 0 Å². The van der Waals surface area contributed by atoms with Crippen molar-refractivity contribution in [2.75, 3.05) is 7.05 Å². The molecule has 1 saturated carbocycles. The number of aryl methyl sites for hydroxylation is 2. The van der Waals surface area contributed by atoms with Crippen LogP contribution in [0.4, 0.5) is 0 Å². The maximum atomic E-state index is 4.66. The Morgan fingerprint density at radius 2 is 2.12 bits per heavy atom. The van der Waals surface area contributed by atoms with Crippen LogP contribution in [0.5, 0.6) is 0 Å². The number of rotatable bonds is 3. The van der Waals surface area contributed by atoms with Gasteiger partial charge in [-0.05, 0) is 45.6 Å². The Morgan fingerprint density at radius 1 is 1.38 bits per heavy atom. The second kappa shape index (κ2) is 4.84. The van der Waals surface area contributed by atoms with Crippen LogP contribution in [0.3, 0.4) is 0 Å². The molecular weight excluding hydrogens is 216 g/mol. The van der Waals surface area contributed by atoms with Crippen molar-refractivity contribution in [2.45, 2.75) is 46.1 Å². The zero-order chi connectivity index (χ0) is 11.7. The molecule has 0 spiro atoms. The van der Waals surface area contributed by atoms with Crippen molar-refractivity contribution in [3.8, 4) is 0 Å². The van der Waals surface area contributed by atoms with Crippen LogP contribution >= 0.6 is 11.3 Å². The van der Waals surface area contributed by atoms with E-state index in [0.717, 1.165) is 11.8 Å². The van der Waals surface area contributed by atoms with E-state index in [-0.39, 0.29) is 0 Å². The van der Waals surface area contributed by atoms with Gasteiger partial charge in [0, 0.05) is 17.3 Å². The van der Waals surface area contributed by atoms with Crippen molar-refractivity contribution in [1.29, 1.82) is 0 Å². The standard InChI is InChI=1S/C13H22N2S/c1-8-11(5-6-12(8)14-4)7-13-15-9(2)10(3)16-13/h8,11-12,14H,5-7H2,1-4H3. The van der Waals surface area contributed by atoms with E-state index in [9.17, 15) is 0 Å². The first-order valence-corrected chi connectivity index (χ1v) is 7.03. The summed E-state index contributed by atoms with van der Waals surface area (Å²) >= 11 is 1.88. The quantitative estimate of drug-likeness (QED) is 0.876. The molecule has 1 aliphatic carbocycles. The van der Waals surface area contributed by atoms with E-state index in [1.165, 1.54) is 34.8 Å². The Labute approximate surface area is 102 Å². The first kappa shape index (κ1) is 12.1. The molecule has 16 heavy (non-hydrogen) atoms. The zero-order valence-electron chi connectivity index (χ0n) is 10.7. The summed E-state index contributed by atoms with van der Waals surface area (Å²) in [6.07, 6.45) is 3.86.